The molecule has 104 valence electrons. The van der Waals surface area contributed by atoms with E-state index in [1.807, 2.05) is 0 Å². The second kappa shape index (κ2) is 5.80. The number of alkyl halides is 1. The first-order valence-corrected chi connectivity index (χ1v) is 8.78. The molecule has 3 rings (SSSR count). The predicted molar refractivity (Wildman–Crippen MR) is 78.2 cm³/mol. The average Bonchev–Trinajstić information content (AvgIpc) is 3.27. The van der Waals surface area contributed by atoms with E-state index in [9.17, 15) is 0 Å². The lowest BCUT2D eigenvalue weighted by molar-refractivity contribution is 0.00669. The maximum Gasteiger partial charge on any atom is 0.0472 e. The number of ether oxygens (including phenoxy) is 1. The lowest BCUT2D eigenvalue weighted by Gasteiger charge is -2.40. The fourth-order valence-corrected chi connectivity index (χ4v) is 3.89. The van der Waals surface area contributed by atoms with Gasteiger partial charge in [-0.25, -0.2) is 0 Å². The fraction of sp³-hybridized carbons (Fsp3) is 1.00. The monoisotopic (exact) mass is 315 g/mol. The third-order valence-corrected chi connectivity index (χ3v) is 6.01. The van der Waals surface area contributed by atoms with Gasteiger partial charge in [-0.15, -0.1) is 0 Å². The van der Waals surface area contributed by atoms with E-state index in [4.69, 9.17) is 4.74 Å². The quantitative estimate of drug-likeness (QED) is 0.668. The van der Waals surface area contributed by atoms with Gasteiger partial charge < -0.3 is 9.64 Å². The van der Waals surface area contributed by atoms with E-state index in [2.05, 4.69) is 20.8 Å². The van der Waals surface area contributed by atoms with Crippen LogP contribution in [0.5, 0.6) is 0 Å². The first kappa shape index (κ1) is 13.4. The van der Waals surface area contributed by atoms with Crippen LogP contribution < -0.4 is 0 Å². The van der Waals surface area contributed by atoms with E-state index in [-0.39, 0.29) is 0 Å². The molecule has 0 bridgehead atoms. The summed E-state index contributed by atoms with van der Waals surface area (Å²) in [6.07, 6.45) is 8.39. The van der Waals surface area contributed by atoms with E-state index < -0.39 is 0 Å². The van der Waals surface area contributed by atoms with Gasteiger partial charge in [-0.3, -0.25) is 0 Å². The summed E-state index contributed by atoms with van der Waals surface area (Å²) >= 11 is 3.78. The van der Waals surface area contributed by atoms with Crippen molar-refractivity contribution < 1.29 is 4.74 Å². The highest BCUT2D eigenvalue weighted by Crippen LogP contribution is 2.38. The van der Waals surface area contributed by atoms with E-state index in [1.165, 1.54) is 58.2 Å². The minimum atomic E-state index is 0.488. The van der Waals surface area contributed by atoms with Crippen molar-refractivity contribution in [3.8, 4) is 0 Å². The Bertz CT molecular complexity index is 256. The van der Waals surface area contributed by atoms with Crippen LogP contribution in [-0.2, 0) is 4.74 Å². The molecule has 2 aliphatic carbocycles. The minimum Gasteiger partial charge on any atom is -0.381 e. The maximum absolute atomic E-state index is 5.56. The van der Waals surface area contributed by atoms with Crippen molar-refractivity contribution >= 4 is 15.9 Å². The number of rotatable bonds is 7. The second-order valence-corrected chi connectivity index (χ2v) is 7.39. The molecule has 0 unspecified atom stereocenters. The highest BCUT2D eigenvalue weighted by Gasteiger charge is 2.36. The summed E-state index contributed by atoms with van der Waals surface area (Å²) < 4.78 is 5.56. The number of nitrogens with zero attached hydrogens (tertiary/aromatic N) is 1. The predicted octanol–water partition coefficient (Wildman–Crippen LogP) is 3.30. The number of halogens is 1. The van der Waals surface area contributed by atoms with Gasteiger partial charge in [-0.05, 0) is 55.8 Å². The van der Waals surface area contributed by atoms with Gasteiger partial charge in [0.2, 0.25) is 0 Å². The Morgan fingerprint density at radius 3 is 2.00 bits per heavy atom. The number of hydrogen-bond donors (Lipinski definition) is 0. The van der Waals surface area contributed by atoms with Gasteiger partial charge in [0.15, 0.2) is 0 Å². The van der Waals surface area contributed by atoms with Gasteiger partial charge in [-0.2, -0.15) is 0 Å². The Balaban J connectivity index is 1.57. The van der Waals surface area contributed by atoms with E-state index in [0.29, 0.717) is 5.41 Å². The van der Waals surface area contributed by atoms with Crippen molar-refractivity contribution in [3.05, 3.63) is 0 Å². The SMILES string of the molecule is BrCC1(CN(CC2CC2)CC2CC2)CCOCC1. The molecule has 1 aliphatic heterocycles. The largest absolute Gasteiger partial charge is 0.381 e. The highest BCUT2D eigenvalue weighted by atomic mass is 79.9. The van der Waals surface area contributed by atoms with E-state index in [0.717, 1.165) is 30.4 Å². The summed E-state index contributed by atoms with van der Waals surface area (Å²) in [5.41, 5.74) is 0.488. The molecule has 0 atom stereocenters. The molecule has 0 aromatic rings. The van der Waals surface area contributed by atoms with Crippen LogP contribution in [0.1, 0.15) is 38.5 Å². The highest BCUT2D eigenvalue weighted by molar-refractivity contribution is 9.09. The molecule has 0 aromatic carbocycles. The van der Waals surface area contributed by atoms with Crippen LogP contribution in [0.2, 0.25) is 0 Å². The van der Waals surface area contributed by atoms with Crippen LogP contribution in [0.3, 0.4) is 0 Å². The summed E-state index contributed by atoms with van der Waals surface area (Å²) in [6.45, 7) is 5.96. The first-order chi connectivity index (χ1) is 8.80. The van der Waals surface area contributed by atoms with Gasteiger partial charge in [-0.1, -0.05) is 15.9 Å². The molecule has 0 aromatic heterocycles. The zero-order chi connectivity index (χ0) is 12.4. The first-order valence-electron chi connectivity index (χ1n) is 7.66. The molecule has 1 heterocycles. The van der Waals surface area contributed by atoms with Crippen molar-refractivity contribution in [1.29, 1.82) is 0 Å². The van der Waals surface area contributed by atoms with Gasteiger partial charge >= 0.3 is 0 Å². The fourth-order valence-electron chi connectivity index (χ4n) is 3.15. The Labute approximate surface area is 120 Å². The van der Waals surface area contributed by atoms with Crippen LogP contribution >= 0.6 is 15.9 Å². The van der Waals surface area contributed by atoms with Crippen molar-refractivity contribution in [2.75, 3.05) is 38.2 Å². The standard InChI is InChI=1S/C15H26BrNO/c16-11-15(5-7-18-8-6-15)12-17(9-13-1-2-13)10-14-3-4-14/h13-14H,1-12H2. The second-order valence-electron chi connectivity index (χ2n) is 6.83. The normalized spacial score (nSPS) is 27.7. The zero-order valence-electron chi connectivity index (χ0n) is 11.4. The van der Waals surface area contributed by atoms with Crippen LogP contribution in [0.4, 0.5) is 0 Å². The molecule has 3 aliphatic rings. The van der Waals surface area contributed by atoms with Gasteiger partial charge in [0.25, 0.3) is 0 Å². The summed E-state index contributed by atoms with van der Waals surface area (Å²) in [4.78, 5) is 2.79. The molecular weight excluding hydrogens is 290 g/mol. The van der Waals surface area contributed by atoms with Gasteiger partial charge in [0, 0.05) is 38.2 Å². The summed E-state index contributed by atoms with van der Waals surface area (Å²) in [5, 5.41) is 1.15. The molecule has 18 heavy (non-hydrogen) atoms. The minimum absolute atomic E-state index is 0.488. The zero-order valence-corrected chi connectivity index (χ0v) is 13.0. The van der Waals surface area contributed by atoms with Crippen molar-refractivity contribution in [3.63, 3.8) is 0 Å². The third kappa shape index (κ3) is 3.71. The van der Waals surface area contributed by atoms with Crippen molar-refractivity contribution in [1.82, 2.24) is 4.90 Å². The van der Waals surface area contributed by atoms with E-state index >= 15 is 0 Å². The van der Waals surface area contributed by atoms with Crippen LogP contribution in [0.25, 0.3) is 0 Å². The van der Waals surface area contributed by atoms with Crippen LogP contribution in [0.15, 0.2) is 0 Å². The van der Waals surface area contributed by atoms with Crippen molar-refractivity contribution in [2.45, 2.75) is 38.5 Å². The molecule has 2 saturated carbocycles. The molecule has 2 nitrogen and oxygen atoms in total. The van der Waals surface area contributed by atoms with Crippen LogP contribution in [-0.4, -0.2) is 43.1 Å². The molecule has 0 N–H and O–H groups in total. The lowest BCUT2D eigenvalue weighted by Crippen LogP contribution is -2.44. The van der Waals surface area contributed by atoms with E-state index in [1.54, 1.807) is 0 Å². The maximum atomic E-state index is 5.56. The average molecular weight is 316 g/mol. The van der Waals surface area contributed by atoms with Gasteiger partial charge in [0.1, 0.15) is 0 Å². The van der Waals surface area contributed by atoms with Gasteiger partial charge in [0.05, 0.1) is 0 Å². The Kier molecular flexibility index (Phi) is 4.32. The number of hydrogen-bond acceptors (Lipinski definition) is 2. The molecule has 0 radical (unpaired) electrons. The van der Waals surface area contributed by atoms with Crippen molar-refractivity contribution in [2.24, 2.45) is 17.3 Å². The topological polar surface area (TPSA) is 12.5 Å². The summed E-state index contributed by atoms with van der Waals surface area (Å²) in [6, 6.07) is 0. The molecule has 0 spiro atoms. The molecule has 3 heteroatoms. The molecular formula is C15H26BrNO. The Morgan fingerprint density at radius 2 is 1.56 bits per heavy atom. The lowest BCUT2D eigenvalue weighted by atomic mass is 9.81. The Hall–Kier alpha value is 0.400. The molecule has 3 fully saturated rings. The smallest absolute Gasteiger partial charge is 0.0472 e. The van der Waals surface area contributed by atoms with Crippen LogP contribution in [0, 0.1) is 17.3 Å². The Morgan fingerprint density at radius 1 is 1.00 bits per heavy atom. The molecule has 0 amide bonds. The summed E-state index contributed by atoms with van der Waals surface area (Å²) in [7, 11) is 0. The molecule has 1 saturated heterocycles. The summed E-state index contributed by atoms with van der Waals surface area (Å²) in [5.74, 6) is 2.05. The third-order valence-electron chi connectivity index (χ3n) is 4.82.